The Morgan fingerprint density at radius 1 is 1.69 bits per heavy atom. The number of thiophene rings is 1. The molecule has 1 rings (SSSR count). The van der Waals surface area contributed by atoms with E-state index >= 15 is 0 Å². The molecule has 0 radical (unpaired) electrons. The van der Waals surface area contributed by atoms with Gasteiger partial charge in [0.1, 0.15) is 0 Å². The van der Waals surface area contributed by atoms with Gasteiger partial charge >= 0.3 is 0 Å². The first-order valence-electron chi connectivity index (χ1n) is 4.03. The fraction of sp³-hybridized carbons (Fsp3) is 0.444. The van der Waals surface area contributed by atoms with Crippen molar-refractivity contribution in [3.8, 4) is 0 Å². The summed E-state index contributed by atoms with van der Waals surface area (Å²) in [5.74, 6) is -0.0547. The molecule has 4 heteroatoms. The number of aliphatic hydroxyl groups is 1. The zero-order chi connectivity index (χ0) is 9.84. The van der Waals surface area contributed by atoms with Crippen LogP contribution in [0.3, 0.4) is 0 Å². The molecule has 0 fully saturated rings. The lowest BCUT2D eigenvalue weighted by Gasteiger charge is -2.12. The SMILES string of the molecule is CN(C)C(=O)C[C@H](O)c1cccs1. The number of rotatable bonds is 3. The van der Waals surface area contributed by atoms with Crippen LogP contribution in [-0.4, -0.2) is 30.0 Å². The summed E-state index contributed by atoms with van der Waals surface area (Å²) >= 11 is 1.46. The normalized spacial score (nSPS) is 12.5. The smallest absolute Gasteiger partial charge is 0.225 e. The molecule has 1 heterocycles. The predicted molar refractivity (Wildman–Crippen MR) is 52.6 cm³/mol. The highest BCUT2D eigenvalue weighted by molar-refractivity contribution is 7.10. The molecule has 0 aliphatic rings. The van der Waals surface area contributed by atoms with E-state index in [-0.39, 0.29) is 12.3 Å². The number of carbonyl (C=O) groups is 1. The van der Waals surface area contributed by atoms with E-state index in [9.17, 15) is 9.90 Å². The van der Waals surface area contributed by atoms with Gasteiger partial charge in [0.25, 0.3) is 0 Å². The number of aliphatic hydroxyl groups excluding tert-OH is 1. The first-order chi connectivity index (χ1) is 6.11. The van der Waals surface area contributed by atoms with Crippen LogP contribution in [0.2, 0.25) is 0 Å². The molecule has 3 nitrogen and oxygen atoms in total. The first kappa shape index (κ1) is 10.2. The standard InChI is InChI=1S/C9H13NO2S/c1-10(2)9(12)6-7(11)8-4-3-5-13-8/h3-5,7,11H,6H2,1-2H3/t7-/m0/s1. The highest BCUT2D eigenvalue weighted by Gasteiger charge is 2.14. The topological polar surface area (TPSA) is 40.5 Å². The van der Waals surface area contributed by atoms with Gasteiger partial charge in [-0.15, -0.1) is 11.3 Å². The molecular formula is C9H13NO2S. The molecule has 0 spiro atoms. The van der Waals surface area contributed by atoms with Crippen molar-refractivity contribution in [3.05, 3.63) is 22.4 Å². The lowest BCUT2D eigenvalue weighted by molar-refractivity contribution is -0.130. The van der Waals surface area contributed by atoms with Gasteiger partial charge in [-0.2, -0.15) is 0 Å². The van der Waals surface area contributed by atoms with Crippen LogP contribution in [0.5, 0.6) is 0 Å². The van der Waals surface area contributed by atoms with Gasteiger partial charge < -0.3 is 10.0 Å². The third-order valence-electron chi connectivity index (χ3n) is 1.74. The van der Waals surface area contributed by atoms with Crippen LogP contribution in [0.15, 0.2) is 17.5 Å². The van der Waals surface area contributed by atoms with Gasteiger partial charge in [-0.25, -0.2) is 0 Å². The maximum Gasteiger partial charge on any atom is 0.225 e. The van der Waals surface area contributed by atoms with Crippen molar-refractivity contribution < 1.29 is 9.90 Å². The maximum atomic E-state index is 11.2. The second kappa shape index (κ2) is 4.39. The molecule has 13 heavy (non-hydrogen) atoms. The van der Waals surface area contributed by atoms with Gasteiger partial charge in [0, 0.05) is 19.0 Å². The second-order valence-electron chi connectivity index (χ2n) is 3.02. The summed E-state index contributed by atoms with van der Waals surface area (Å²) < 4.78 is 0. The number of hydrogen-bond donors (Lipinski definition) is 1. The fourth-order valence-electron chi connectivity index (χ4n) is 0.929. The minimum Gasteiger partial charge on any atom is -0.387 e. The third-order valence-corrected chi connectivity index (χ3v) is 2.71. The molecule has 1 amide bonds. The lowest BCUT2D eigenvalue weighted by atomic mass is 10.2. The van der Waals surface area contributed by atoms with E-state index in [1.807, 2.05) is 17.5 Å². The Morgan fingerprint density at radius 3 is 2.85 bits per heavy atom. The van der Waals surface area contributed by atoms with Gasteiger partial charge in [0.15, 0.2) is 0 Å². The fourth-order valence-corrected chi connectivity index (χ4v) is 1.64. The molecule has 1 aromatic rings. The quantitative estimate of drug-likeness (QED) is 0.796. The molecule has 1 atom stereocenters. The first-order valence-corrected chi connectivity index (χ1v) is 4.91. The highest BCUT2D eigenvalue weighted by atomic mass is 32.1. The van der Waals surface area contributed by atoms with Crippen molar-refractivity contribution in [2.75, 3.05) is 14.1 Å². The Morgan fingerprint density at radius 2 is 2.38 bits per heavy atom. The van der Waals surface area contributed by atoms with Crippen LogP contribution in [0, 0.1) is 0 Å². The van der Waals surface area contributed by atoms with Crippen molar-refractivity contribution in [2.45, 2.75) is 12.5 Å². The molecule has 0 aliphatic carbocycles. The van der Waals surface area contributed by atoms with Crippen LogP contribution in [0.25, 0.3) is 0 Å². The minimum absolute atomic E-state index is 0.0547. The van der Waals surface area contributed by atoms with Gasteiger partial charge in [-0.1, -0.05) is 6.07 Å². The van der Waals surface area contributed by atoms with Crippen LogP contribution in [0.4, 0.5) is 0 Å². The summed E-state index contributed by atoms with van der Waals surface area (Å²) in [6.45, 7) is 0. The van der Waals surface area contributed by atoms with E-state index in [1.54, 1.807) is 14.1 Å². The predicted octanol–water partition coefficient (Wildman–Crippen LogP) is 1.26. The Kier molecular flexibility index (Phi) is 3.45. The summed E-state index contributed by atoms with van der Waals surface area (Å²) in [5, 5.41) is 11.5. The van der Waals surface area contributed by atoms with Crippen LogP contribution < -0.4 is 0 Å². The molecular weight excluding hydrogens is 186 g/mol. The lowest BCUT2D eigenvalue weighted by Crippen LogP contribution is -2.23. The summed E-state index contributed by atoms with van der Waals surface area (Å²) in [4.78, 5) is 13.5. The maximum absolute atomic E-state index is 11.2. The Balaban J connectivity index is 2.51. The van der Waals surface area contributed by atoms with Gasteiger partial charge in [0.05, 0.1) is 12.5 Å². The zero-order valence-electron chi connectivity index (χ0n) is 7.73. The monoisotopic (exact) mass is 199 g/mol. The summed E-state index contributed by atoms with van der Waals surface area (Å²) in [5.41, 5.74) is 0. The minimum atomic E-state index is -0.658. The van der Waals surface area contributed by atoms with E-state index in [1.165, 1.54) is 16.2 Å². The molecule has 1 aromatic heterocycles. The van der Waals surface area contributed by atoms with Crippen LogP contribution >= 0.6 is 11.3 Å². The van der Waals surface area contributed by atoms with E-state index in [2.05, 4.69) is 0 Å². The molecule has 1 N–H and O–H groups in total. The third kappa shape index (κ3) is 2.82. The number of nitrogens with zero attached hydrogens (tertiary/aromatic N) is 1. The Labute approximate surface area is 81.6 Å². The summed E-state index contributed by atoms with van der Waals surface area (Å²) in [6, 6.07) is 3.70. The van der Waals surface area contributed by atoms with Crippen molar-refractivity contribution >= 4 is 17.2 Å². The second-order valence-corrected chi connectivity index (χ2v) is 4.00. The number of hydrogen-bond acceptors (Lipinski definition) is 3. The van der Waals surface area contributed by atoms with E-state index in [0.29, 0.717) is 0 Å². The molecule has 0 bridgehead atoms. The molecule has 0 aliphatic heterocycles. The molecule has 0 saturated heterocycles. The number of carbonyl (C=O) groups excluding carboxylic acids is 1. The van der Waals surface area contributed by atoms with Gasteiger partial charge in [0.2, 0.25) is 5.91 Å². The Bertz CT molecular complexity index is 269. The van der Waals surface area contributed by atoms with Gasteiger partial charge in [-0.05, 0) is 11.4 Å². The van der Waals surface area contributed by atoms with Crippen molar-refractivity contribution in [1.82, 2.24) is 4.90 Å². The van der Waals surface area contributed by atoms with Crippen LogP contribution in [0.1, 0.15) is 17.4 Å². The zero-order valence-corrected chi connectivity index (χ0v) is 8.54. The molecule has 72 valence electrons. The largest absolute Gasteiger partial charge is 0.387 e. The van der Waals surface area contributed by atoms with Gasteiger partial charge in [-0.3, -0.25) is 4.79 Å². The molecule has 0 aromatic carbocycles. The average Bonchev–Trinajstić information content (AvgIpc) is 2.55. The van der Waals surface area contributed by atoms with E-state index < -0.39 is 6.10 Å². The van der Waals surface area contributed by atoms with E-state index in [4.69, 9.17) is 0 Å². The van der Waals surface area contributed by atoms with Crippen molar-refractivity contribution in [2.24, 2.45) is 0 Å². The van der Waals surface area contributed by atoms with Crippen molar-refractivity contribution in [1.29, 1.82) is 0 Å². The number of amides is 1. The average molecular weight is 199 g/mol. The highest BCUT2D eigenvalue weighted by Crippen LogP contribution is 2.21. The summed E-state index contributed by atoms with van der Waals surface area (Å²) in [6.07, 6.45) is -0.497. The van der Waals surface area contributed by atoms with Crippen molar-refractivity contribution in [3.63, 3.8) is 0 Å². The van der Waals surface area contributed by atoms with E-state index in [0.717, 1.165) is 4.88 Å². The van der Waals surface area contributed by atoms with Crippen LogP contribution in [-0.2, 0) is 4.79 Å². The molecule has 0 saturated carbocycles. The molecule has 0 unspecified atom stereocenters. The Hall–Kier alpha value is -0.870. The summed E-state index contributed by atoms with van der Waals surface area (Å²) in [7, 11) is 3.37.